The molecule has 7 rings (SSSR count). The quantitative estimate of drug-likeness (QED) is 0.163. The molecule has 0 bridgehead atoms. The number of methoxy groups -OCH3 is 2. The molecule has 1 saturated heterocycles. The first kappa shape index (κ1) is 34.4. The number of aromatic hydroxyl groups is 1. The number of phenols is 1. The highest BCUT2D eigenvalue weighted by molar-refractivity contribution is 6.53. The molecule has 4 aromatic rings. The standard InChI is InChI=1S/C35H34Cl2N6O8/c1-6-8-18-9-7-10-20(28(18)44)27-19-11-14-42-32(48)41(33(49)43(42)24(19)17-34(36)30(46)40(3)31(47)35(27,34)37)13-12-21-29(45)39(2)23-16-26(51-5)25(50-4)15-22(23)38-21/h6-7,9-11,15-16,24,27,44H,1,8,12-14,17H2,2-5H3. The molecule has 4 atom stereocenters. The van der Waals surface area contributed by atoms with E-state index in [2.05, 4.69) is 11.6 Å². The number of phenolic OH excluding ortho intramolecular Hbond substituents is 1. The van der Waals surface area contributed by atoms with Crippen molar-refractivity contribution in [3.8, 4) is 17.2 Å². The first-order chi connectivity index (χ1) is 24.2. The van der Waals surface area contributed by atoms with Gasteiger partial charge in [0.1, 0.15) is 11.4 Å². The highest BCUT2D eigenvalue weighted by Crippen LogP contribution is 2.64. The van der Waals surface area contributed by atoms with Gasteiger partial charge in [0, 0.05) is 57.1 Å². The van der Waals surface area contributed by atoms with Gasteiger partial charge in [0.15, 0.2) is 21.2 Å². The number of hydrogen-bond acceptors (Lipinski definition) is 9. The van der Waals surface area contributed by atoms with Crippen molar-refractivity contribution in [1.82, 2.24) is 28.4 Å². The van der Waals surface area contributed by atoms with E-state index in [1.54, 1.807) is 49.5 Å². The van der Waals surface area contributed by atoms with Gasteiger partial charge in [-0.1, -0.05) is 30.4 Å². The summed E-state index contributed by atoms with van der Waals surface area (Å²) in [6, 6.07) is 7.28. The molecule has 2 aliphatic heterocycles. The molecule has 51 heavy (non-hydrogen) atoms. The minimum Gasteiger partial charge on any atom is -0.507 e. The van der Waals surface area contributed by atoms with E-state index >= 15 is 0 Å². The first-order valence-electron chi connectivity index (χ1n) is 16.1. The molecule has 2 fully saturated rings. The number of carbonyl (C=O) groups is 2. The summed E-state index contributed by atoms with van der Waals surface area (Å²) in [6.07, 6.45) is 3.27. The third-order valence-corrected chi connectivity index (χ3v) is 11.8. The van der Waals surface area contributed by atoms with E-state index in [-0.39, 0.29) is 42.9 Å². The summed E-state index contributed by atoms with van der Waals surface area (Å²) in [5.41, 5.74) is 0.507. The highest BCUT2D eigenvalue weighted by atomic mass is 35.5. The molecule has 1 saturated carbocycles. The maximum atomic E-state index is 14.2. The summed E-state index contributed by atoms with van der Waals surface area (Å²) >= 11 is 14.4. The van der Waals surface area contributed by atoms with Crippen molar-refractivity contribution in [1.29, 1.82) is 0 Å². The van der Waals surface area contributed by atoms with E-state index in [9.17, 15) is 29.1 Å². The lowest BCUT2D eigenvalue weighted by molar-refractivity contribution is -0.137. The number of nitrogens with zero attached hydrogens (tertiary/aromatic N) is 6. The van der Waals surface area contributed by atoms with Crippen molar-refractivity contribution in [3.05, 3.63) is 103 Å². The topological polar surface area (TPSA) is 160 Å². The summed E-state index contributed by atoms with van der Waals surface area (Å²) in [5, 5.41) is 11.5. The second kappa shape index (κ2) is 12.0. The number of imide groups is 1. The Kier molecular flexibility index (Phi) is 8.10. The Hall–Kier alpha value is -5.08. The lowest BCUT2D eigenvalue weighted by atomic mass is 9.64. The predicted molar refractivity (Wildman–Crippen MR) is 188 cm³/mol. The number of amides is 2. The second-order valence-corrected chi connectivity index (χ2v) is 14.1. The van der Waals surface area contributed by atoms with Crippen LogP contribution in [0.1, 0.15) is 35.2 Å². The number of carbonyl (C=O) groups excluding carboxylic acids is 2. The van der Waals surface area contributed by atoms with Crippen LogP contribution < -0.4 is 26.4 Å². The van der Waals surface area contributed by atoms with Crippen molar-refractivity contribution in [3.63, 3.8) is 0 Å². The summed E-state index contributed by atoms with van der Waals surface area (Å²) in [6.45, 7) is 3.49. The number of hydrogen-bond donors (Lipinski definition) is 1. The molecule has 4 unspecified atom stereocenters. The molecule has 16 heteroatoms. The molecule has 2 aromatic carbocycles. The SMILES string of the molecule is C=CCc1cccc(C2C3=CCn4c(=O)n(CCc5nc6cc(OC)c(OC)cc6n(C)c5=O)c(=O)n4C3CC3(Cl)C(=O)N(C)C(=O)C23Cl)c1O. The summed E-state index contributed by atoms with van der Waals surface area (Å²) in [4.78, 5) is 70.3. The Balaban J connectivity index is 1.32. The molecular formula is C35H34Cl2N6O8. The number of ether oxygens (including phenoxy) is 2. The van der Waals surface area contributed by atoms with Crippen LogP contribution in [-0.2, 0) is 42.6 Å². The second-order valence-electron chi connectivity index (χ2n) is 12.9. The average Bonchev–Trinajstić information content (AvgIpc) is 3.44. The first-order valence-corrected chi connectivity index (χ1v) is 16.9. The van der Waals surface area contributed by atoms with E-state index in [0.29, 0.717) is 40.1 Å². The van der Waals surface area contributed by atoms with Gasteiger partial charge in [0.2, 0.25) is 0 Å². The maximum absolute atomic E-state index is 14.2. The van der Waals surface area contributed by atoms with Crippen LogP contribution in [0.15, 0.2) is 69.0 Å². The van der Waals surface area contributed by atoms with Crippen molar-refractivity contribution in [2.24, 2.45) is 7.05 Å². The summed E-state index contributed by atoms with van der Waals surface area (Å²) < 4.78 is 15.6. The molecule has 1 aliphatic carbocycles. The van der Waals surface area contributed by atoms with Crippen LogP contribution in [-0.4, -0.2) is 76.3 Å². The highest BCUT2D eigenvalue weighted by Gasteiger charge is 2.75. The number of rotatable bonds is 8. The van der Waals surface area contributed by atoms with Gasteiger partial charge in [-0.15, -0.1) is 29.8 Å². The number of aryl methyl sites for hydroxylation is 2. The monoisotopic (exact) mass is 736 g/mol. The third kappa shape index (κ3) is 4.61. The fraction of sp³-hybridized carbons (Fsp3) is 0.371. The number of aromatic nitrogens is 5. The number of alkyl halides is 2. The summed E-state index contributed by atoms with van der Waals surface area (Å²) in [7, 11) is 5.84. The Bertz CT molecular complexity index is 2410. The van der Waals surface area contributed by atoms with Gasteiger partial charge < -0.3 is 19.1 Å². The van der Waals surface area contributed by atoms with Crippen LogP contribution >= 0.6 is 23.2 Å². The third-order valence-electron chi connectivity index (χ3n) is 10.4. The van der Waals surface area contributed by atoms with Crippen molar-refractivity contribution >= 4 is 46.0 Å². The van der Waals surface area contributed by atoms with E-state index in [1.807, 2.05) is 0 Å². The maximum Gasteiger partial charge on any atom is 0.347 e. The Labute approximate surface area is 300 Å². The molecule has 4 heterocycles. The van der Waals surface area contributed by atoms with E-state index < -0.39 is 50.5 Å². The molecule has 0 radical (unpaired) electrons. The molecule has 2 amide bonds. The number of halogens is 2. The Morgan fingerprint density at radius 2 is 1.75 bits per heavy atom. The molecule has 3 aliphatic rings. The van der Waals surface area contributed by atoms with Crippen LogP contribution in [0.2, 0.25) is 0 Å². The Morgan fingerprint density at radius 3 is 2.43 bits per heavy atom. The van der Waals surface area contributed by atoms with Gasteiger partial charge in [0.25, 0.3) is 17.4 Å². The van der Waals surface area contributed by atoms with Crippen molar-refractivity contribution in [2.75, 3.05) is 21.3 Å². The lowest BCUT2D eigenvalue weighted by Crippen LogP contribution is -2.59. The molecule has 266 valence electrons. The summed E-state index contributed by atoms with van der Waals surface area (Å²) in [5.74, 6) is -1.96. The lowest BCUT2D eigenvalue weighted by Gasteiger charge is -2.49. The van der Waals surface area contributed by atoms with Crippen molar-refractivity contribution in [2.45, 2.75) is 54.1 Å². The Morgan fingerprint density at radius 1 is 1.04 bits per heavy atom. The minimum absolute atomic E-state index is 0.0598. The fourth-order valence-corrected chi connectivity index (χ4v) is 8.84. The molecule has 1 N–H and O–H groups in total. The van der Waals surface area contributed by atoms with Crippen LogP contribution in [0.4, 0.5) is 0 Å². The van der Waals surface area contributed by atoms with Gasteiger partial charge >= 0.3 is 11.4 Å². The van der Waals surface area contributed by atoms with E-state index in [0.717, 1.165) is 9.47 Å². The zero-order valence-corrected chi connectivity index (χ0v) is 29.7. The molecule has 14 nitrogen and oxygen atoms in total. The number of para-hydroxylation sites is 1. The zero-order chi connectivity index (χ0) is 36.7. The minimum atomic E-state index is -2.06. The molecular weight excluding hydrogens is 703 g/mol. The number of likely N-dealkylation sites (tertiary alicyclic amines) is 1. The molecule has 2 aromatic heterocycles. The van der Waals surface area contributed by atoms with Gasteiger partial charge in [-0.3, -0.25) is 19.3 Å². The fourth-order valence-electron chi connectivity index (χ4n) is 7.84. The largest absolute Gasteiger partial charge is 0.507 e. The smallest absolute Gasteiger partial charge is 0.347 e. The predicted octanol–water partition coefficient (Wildman–Crippen LogP) is 2.37. The zero-order valence-electron chi connectivity index (χ0n) is 28.2. The normalized spacial score (nSPS) is 23.9. The van der Waals surface area contributed by atoms with Crippen LogP contribution in [0.25, 0.3) is 11.0 Å². The van der Waals surface area contributed by atoms with Crippen molar-refractivity contribution < 1.29 is 24.2 Å². The number of benzene rings is 2. The van der Waals surface area contributed by atoms with Gasteiger partial charge in [-0.25, -0.2) is 28.5 Å². The van der Waals surface area contributed by atoms with Gasteiger partial charge in [-0.05, 0) is 17.6 Å². The van der Waals surface area contributed by atoms with E-state index in [4.69, 9.17) is 32.7 Å². The van der Waals surface area contributed by atoms with Crippen LogP contribution in [0.5, 0.6) is 17.2 Å². The van der Waals surface area contributed by atoms with Crippen LogP contribution in [0.3, 0.4) is 0 Å². The number of fused-ring (bicyclic) bond motifs is 5. The number of allylic oxidation sites excluding steroid dienone is 3. The van der Waals surface area contributed by atoms with Gasteiger partial charge in [-0.2, -0.15) is 0 Å². The van der Waals surface area contributed by atoms with E-state index in [1.165, 1.54) is 35.2 Å². The average molecular weight is 738 g/mol. The molecule has 0 spiro atoms. The van der Waals surface area contributed by atoms with Crippen LogP contribution in [0, 0.1) is 0 Å². The van der Waals surface area contributed by atoms with Gasteiger partial charge in [0.05, 0.1) is 37.8 Å².